The summed E-state index contributed by atoms with van der Waals surface area (Å²) >= 11 is 0. The summed E-state index contributed by atoms with van der Waals surface area (Å²) in [6.07, 6.45) is 15.3. The van der Waals surface area contributed by atoms with Crippen LogP contribution in [-0.2, 0) is 4.74 Å². The Labute approximate surface area is 284 Å². The number of pyridine rings is 1. The second kappa shape index (κ2) is 12.3. The van der Waals surface area contributed by atoms with E-state index in [1.165, 1.54) is 43.3 Å². The van der Waals surface area contributed by atoms with Gasteiger partial charge in [-0.3, -0.25) is 9.88 Å². The molecule has 11 heteroatoms. The molecule has 2 saturated carbocycles. The van der Waals surface area contributed by atoms with Gasteiger partial charge in [0.15, 0.2) is 5.82 Å². The number of hydrogen-bond acceptors (Lipinski definition) is 9. The molecule has 0 radical (unpaired) electrons. The Morgan fingerprint density at radius 2 is 1.96 bits per heavy atom. The molecule has 4 fully saturated rings. The summed E-state index contributed by atoms with van der Waals surface area (Å²) in [5.74, 6) is 2.00. The van der Waals surface area contributed by atoms with Gasteiger partial charge < -0.3 is 24.6 Å². The number of aromatic hydroxyl groups is 1. The molecule has 2 aliphatic heterocycles. The lowest BCUT2D eigenvalue weighted by Gasteiger charge is -2.46. The molecule has 0 unspecified atom stereocenters. The number of phenols is 1. The Balaban J connectivity index is 1.24. The van der Waals surface area contributed by atoms with Crippen LogP contribution in [0.4, 0.5) is 14.6 Å². The maximum absolute atomic E-state index is 17.0. The highest BCUT2D eigenvalue weighted by Gasteiger charge is 2.49. The highest BCUT2D eigenvalue weighted by atomic mass is 19.1. The molecular weight excluding hydrogens is 628 g/mol. The fourth-order valence-electron chi connectivity index (χ4n) is 8.52. The van der Waals surface area contributed by atoms with Gasteiger partial charge in [-0.05, 0) is 81.5 Å². The zero-order chi connectivity index (χ0) is 33.9. The normalized spacial score (nSPS) is 26.1. The van der Waals surface area contributed by atoms with Crippen LogP contribution in [0.5, 0.6) is 11.8 Å². The summed E-state index contributed by atoms with van der Waals surface area (Å²) in [4.78, 5) is 18.5. The van der Waals surface area contributed by atoms with E-state index in [9.17, 15) is 14.6 Å². The van der Waals surface area contributed by atoms with E-state index >= 15 is 4.39 Å². The first-order chi connectivity index (χ1) is 23.6. The van der Waals surface area contributed by atoms with Crippen molar-refractivity contribution >= 4 is 27.5 Å². The number of aromatic nitrogens is 3. The van der Waals surface area contributed by atoms with Crippen molar-refractivity contribution in [2.24, 2.45) is 11.3 Å². The number of phenolic OH excluding ortho intramolecular Hbond substituents is 1. The van der Waals surface area contributed by atoms with Crippen LogP contribution in [0.1, 0.15) is 57.4 Å². The van der Waals surface area contributed by atoms with Crippen molar-refractivity contribution in [3.05, 3.63) is 47.7 Å². The number of β-amino-alcohol motifs (C(OH)–C–C–N with tert-alkyl or cyclic N) is 1. The van der Waals surface area contributed by atoms with Gasteiger partial charge in [0.2, 0.25) is 0 Å². The van der Waals surface area contributed by atoms with Crippen molar-refractivity contribution in [3.8, 4) is 35.4 Å². The van der Waals surface area contributed by atoms with Gasteiger partial charge in [-0.1, -0.05) is 18.4 Å². The standard InChI is InChI=1S/C38H41F2N5O4/c1-3-26-29(39)10-9-24-16-25(46)17-27(31(24)26)33-32(40)34-28(18-41-33)35(45-14-15-48-21-37(2,47)20-45)43-36(42-34)49-22-38-11-4-6-30(38)44(13-5-12-38)19-23-7-8-23/h1,9-10,16-18,23,30,46-47H,4-8,11-15,19-22H2,2H3/t30-,37+,38-/m1/s1. The minimum Gasteiger partial charge on any atom is -0.508 e. The minimum atomic E-state index is -1.18. The molecule has 4 aliphatic rings. The maximum atomic E-state index is 17.0. The Hall–Kier alpha value is -4.11. The summed E-state index contributed by atoms with van der Waals surface area (Å²) in [7, 11) is 0. The van der Waals surface area contributed by atoms with E-state index in [2.05, 4.69) is 20.8 Å². The summed E-state index contributed by atoms with van der Waals surface area (Å²) in [6.45, 7) is 5.44. The molecule has 0 spiro atoms. The number of fused-ring (bicyclic) bond motifs is 3. The SMILES string of the molecule is C#Cc1c(F)ccc2cc(O)cc(-c3ncc4c(N5CCOC[C@@](C)(O)C5)nc(OC[C@]56CCC[C@H]5N(CC5CC5)CCC6)nc4c3F)c12. The Bertz CT molecular complexity index is 1980. The molecule has 4 heterocycles. The molecule has 8 rings (SSSR count). The average molecular weight is 670 g/mol. The number of halogens is 2. The van der Waals surface area contributed by atoms with Crippen molar-refractivity contribution in [2.45, 2.75) is 63.5 Å². The van der Waals surface area contributed by atoms with Crippen molar-refractivity contribution in [1.82, 2.24) is 19.9 Å². The van der Waals surface area contributed by atoms with Crippen molar-refractivity contribution < 1.29 is 28.5 Å². The largest absolute Gasteiger partial charge is 0.508 e. The highest BCUT2D eigenvalue weighted by molar-refractivity contribution is 6.03. The van der Waals surface area contributed by atoms with Gasteiger partial charge in [0.05, 0.1) is 37.3 Å². The molecular formula is C38H41F2N5O4. The third-order valence-electron chi connectivity index (χ3n) is 10.9. The number of rotatable bonds is 7. The summed E-state index contributed by atoms with van der Waals surface area (Å²) in [5, 5.41) is 22.7. The molecule has 2 N–H and O–H groups in total. The predicted molar refractivity (Wildman–Crippen MR) is 183 cm³/mol. The molecule has 2 aromatic carbocycles. The number of ether oxygens (including phenoxy) is 2. The summed E-state index contributed by atoms with van der Waals surface area (Å²) in [5.41, 5.74) is -1.30. The number of benzene rings is 2. The lowest BCUT2D eigenvalue weighted by atomic mass is 9.75. The van der Waals surface area contributed by atoms with E-state index in [1.54, 1.807) is 6.92 Å². The zero-order valence-electron chi connectivity index (χ0n) is 27.7. The summed E-state index contributed by atoms with van der Waals surface area (Å²) < 4.78 is 44.0. The number of hydrogen-bond donors (Lipinski definition) is 2. The molecule has 0 bridgehead atoms. The first-order valence-electron chi connectivity index (χ1n) is 17.4. The zero-order valence-corrected chi connectivity index (χ0v) is 27.7. The van der Waals surface area contributed by atoms with E-state index in [-0.39, 0.29) is 58.1 Å². The van der Waals surface area contributed by atoms with Gasteiger partial charge in [-0.2, -0.15) is 9.97 Å². The fraction of sp³-hybridized carbons (Fsp3) is 0.500. The third kappa shape index (κ3) is 5.94. The van der Waals surface area contributed by atoms with E-state index in [0.717, 1.165) is 51.1 Å². The van der Waals surface area contributed by atoms with E-state index in [0.29, 0.717) is 42.4 Å². The molecule has 49 heavy (non-hydrogen) atoms. The number of anilines is 1. The van der Waals surface area contributed by atoms with E-state index in [4.69, 9.17) is 20.9 Å². The van der Waals surface area contributed by atoms with E-state index in [1.807, 2.05) is 4.90 Å². The van der Waals surface area contributed by atoms with Crippen molar-refractivity contribution in [1.29, 1.82) is 0 Å². The number of nitrogens with zero attached hydrogens (tertiary/aromatic N) is 5. The topological polar surface area (TPSA) is 104 Å². The molecule has 2 aliphatic carbocycles. The van der Waals surface area contributed by atoms with Gasteiger partial charge in [-0.25, -0.2) is 8.78 Å². The first kappa shape index (κ1) is 32.1. The third-order valence-corrected chi connectivity index (χ3v) is 10.9. The molecule has 4 aromatic rings. The quantitative estimate of drug-likeness (QED) is 0.236. The van der Waals surface area contributed by atoms with Crippen LogP contribution in [0.3, 0.4) is 0 Å². The molecule has 256 valence electrons. The first-order valence-corrected chi connectivity index (χ1v) is 17.4. The van der Waals surface area contributed by atoms with Crippen molar-refractivity contribution in [2.75, 3.05) is 50.9 Å². The Morgan fingerprint density at radius 3 is 2.78 bits per heavy atom. The second-order valence-electron chi connectivity index (χ2n) is 14.7. The maximum Gasteiger partial charge on any atom is 0.319 e. The van der Waals surface area contributed by atoms with Crippen LogP contribution in [0.15, 0.2) is 30.5 Å². The van der Waals surface area contributed by atoms with Crippen LogP contribution in [-0.4, -0.2) is 87.7 Å². The fourth-order valence-corrected chi connectivity index (χ4v) is 8.52. The van der Waals surface area contributed by atoms with Crippen LogP contribution < -0.4 is 9.64 Å². The smallest absolute Gasteiger partial charge is 0.319 e. The number of piperidine rings is 1. The molecule has 9 nitrogen and oxygen atoms in total. The number of terminal acetylenes is 1. The van der Waals surface area contributed by atoms with Gasteiger partial charge in [0, 0.05) is 41.7 Å². The van der Waals surface area contributed by atoms with Crippen LogP contribution in [0, 0.1) is 35.3 Å². The minimum absolute atomic E-state index is 0.0239. The van der Waals surface area contributed by atoms with Crippen LogP contribution in [0.25, 0.3) is 32.9 Å². The molecule has 2 saturated heterocycles. The molecule has 2 aromatic heterocycles. The van der Waals surface area contributed by atoms with Gasteiger partial charge >= 0.3 is 6.01 Å². The lowest BCUT2D eigenvalue weighted by molar-refractivity contribution is -0.0123. The predicted octanol–water partition coefficient (Wildman–Crippen LogP) is 5.82. The van der Waals surface area contributed by atoms with Crippen LogP contribution >= 0.6 is 0 Å². The van der Waals surface area contributed by atoms with Crippen molar-refractivity contribution in [3.63, 3.8) is 0 Å². The highest BCUT2D eigenvalue weighted by Crippen LogP contribution is 2.49. The Kier molecular flexibility index (Phi) is 8.09. The number of likely N-dealkylation sites (tertiary alicyclic amines) is 1. The van der Waals surface area contributed by atoms with Gasteiger partial charge in [0.1, 0.15) is 34.2 Å². The number of aliphatic hydroxyl groups is 1. The van der Waals surface area contributed by atoms with Crippen LogP contribution in [0.2, 0.25) is 0 Å². The lowest BCUT2D eigenvalue weighted by Crippen LogP contribution is -2.52. The van der Waals surface area contributed by atoms with Gasteiger partial charge in [-0.15, -0.1) is 6.42 Å². The summed E-state index contributed by atoms with van der Waals surface area (Å²) in [6, 6.07) is 5.97. The molecule has 3 atom stereocenters. The molecule has 0 amide bonds. The Morgan fingerprint density at radius 1 is 1.12 bits per heavy atom. The monoisotopic (exact) mass is 669 g/mol. The average Bonchev–Trinajstić information content (AvgIpc) is 3.83. The van der Waals surface area contributed by atoms with E-state index < -0.39 is 17.2 Å². The second-order valence-corrected chi connectivity index (χ2v) is 14.7. The van der Waals surface area contributed by atoms with Gasteiger partial charge in [0.25, 0.3) is 0 Å².